The molecule has 3 aromatic carbocycles. The Hall–Kier alpha value is -5.14. The van der Waals surface area contributed by atoms with Crippen LogP contribution in [0.2, 0.25) is 0 Å². The maximum Gasteiger partial charge on any atom is 0.232 e. The van der Waals surface area contributed by atoms with Gasteiger partial charge in [-0.25, -0.2) is 26.2 Å². The number of anilines is 1. The van der Waals surface area contributed by atoms with Crippen molar-refractivity contribution in [1.82, 2.24) is 14.4 Å². The lowest BCUT2D eigenvalue weighted by atomic mass is 9.97. The fourth-order valence-electron chi connectivity index (χ4n) is 6.22. The number of sulfonamides is 1. The number of rotatable bonds is 8. The van der Waals surface area contributed by atoms with Crippen molar-refractivity contribution >= 4 is 69.6 Å². The molecule has 0 amide bonds. The molecule has 0 aliphatic rings. The average Bonchev–Trinajstić information content (AvgIpc) is 3.63. The summed E-state index contributed by atoms with van der Waals surface area (Å²) in [6.07, 6.45) is 3.87. The molecule has 4 aromatic heterocycles. The van der Waals surface area contributed by atoms with E-state index in [4.69, 9.17) is 4.42 Å². The molecule has 0 fully saturated rings. The Bertz CT molecular complexity index is 2730. The predicted molar refractivity (Wildman–Crippen MR) is 190 cm³/mol. The minimum atomic E-state index is -3.78. The molecule has 0 radical (unpaired) electrons. The molecule has 4 heterocycles. The molecule has 10 nitrogen and oxygen atoms in total. The van der Waals surface area contributed by atoms with E-state index in [9.17, 15) is 21.6 Å². The van der Waals surface area contributed by atoms with Crippen LogP contribution in [0.4, 0.5) is 10.1 Å². The first kappa shape index (κ1) is 32.4. The molecule has 250 valence electrons. The Kier molecular flexibility index (Phi) is 7.60. The molecule has 0 aliphatic carbocycles. The SMILES string of the molecule is CCC(=O)c1c(-c2ccc(C)cc2)oc2cc(N(C)S(C)(=O)=O)c(-c3cc4c(cn3)nc(CS(C)(=O)=O)n3c5cccc(F)c5cc43)cc12. The summed E-state index contributed by atoms with van der Waals surface area (Å²) >= 11 is 0. The Morgan fingerprint density at radius 3 is 2.35 bits per heavy atom. The number of ketones is 1. The fourth-order valence-corrected chi connectivity index (χ4v) is 7.39. The van der Waals surface area contributed by atoms with Gasteiger partial charge in [-0.05, 0) is 37.3 Å². The zero-order valence-electron chi connectivity index (χ0n) is 27.3. The second-order valence-corrected chi connectivity index (χ2v) is 16.4. The molecule has 0 spiro atoms. The summed E-state index contributed by atoms with van der Waals surface area (Å²) in [5.41, 5.74) is 4.74. The maximum atomic E-state index is 15.1. The van der Waals surface area contributed by atoms with Gasteiger partial charge in [0.05, 0.1) is 45.9 Å². The summed E-state index contributed by atoms with van der Waals surface area (Å²) in [6.45, 7) is 3.72. The highest BCUT2D eigenvalue weighted by Crippen LogP contribution is 2.42. The summed E-state index contributed by atoms with van der Waals surface area (Å²) in [7, 11) is -5.88. The molecular formula is C36H31FN4O6S2. The van der Waals surface area contributed by atoms with Gasteiger partial charge in [-0.3, -0.25) is 18.5 Å². The molecule has 7 aromatic rings. The number of benzene rings is 3. The van der Waals surface area contributed by atoms with E-state index >= 15 is 4.39 Å². The number of carbonyl (C=O) groups excluding carboxylic acids is 1. The molecule has 0 N–H and O–H groups in total. The Morgan fingerprint density at radius 2 is 1.67 bits per heavy atom. The lowest BCUT2D eigenvalue weighted by Gasteiger charge is -2.20. The first-order valence-electron chi connectivity index (χ1n) is 15.4. The van der Waals surface area contributed by atoms with E-state index in [0.717, 1.165) is 22.4 Å². The standard InChI is InChI=1S/C36H31FN4O6S2/c1-6-32(42)35-25-14-23(30(40(3)49(5,45)46)17-33(25)47-36(35)21-12-10-20(2)11-13-21)27-15-24-28(18-38-27)39-34(19-48(4,43)44)41-29-9-7-8-26(37)22(29)16-31(24)41/h7-18H,6,19H2,1-5H3. The van der Waals surface area contributed by atoms with Crippen LogP contribution in [0.1, 0.15) is 35.1 Å². The quantitative estimate of drug-likeness (QED) is 0.154. The number of Topliss-reactive ketones (excluding diaryl/α,β-unsaturated/α-hetero) is 1. The van der Waals surface area contributed by atoms with Crippen molar-refractivity contribution in [3.8, 4) is 22.6 Å². The van der Waals surface area contributed by atoms with Gasteiger partial charge in [-0.1, -0.05) is 42.8 Å². The molecule has 49 heavy (non-hydrogen) atoms. The van der Waals surface area contributed by atoms with Crippen molar-refractivity contribution in [3.63, 3.8) is 0 Å². The van der Waals surface area contributed by atoms with Gasteiger partial charge in [0.2, 0.25) is 10.0 Å². The van der Waals surface area contributed by atoms with E-state index in [0.29, 0.717) is 61.1 Å². The van der Waals surface area contributed by atoms with E-state index in [1.807, 2.05) is 31.2 Å². The van der Waals surface area contributed by atoms with Crippen LogP contribution < -0.4 is 4.31 Å². The van der Waals surface area contributed by atoms with Gasteiger partial charge in [-0.2, -0.15) is 0 Å². The fraction of sp³-hybridized carbons (Fsp3) is 0.194. The van der Waals surface area contributed by atoms with Crippen LogP contribution in [-0.2, 0) is 25.6 Å². The van der Waals surface area contributed by atoms with Crippen LogP contribution in [0, 0.1) is 12.7 Å². The molecule has 0 saturated heterocycles. The van der Waals surface area contributed by atoms with Crippen molar-refractivity contribution in [3.05, 3.63) is 95.7 Å². The van der Waals surface area contributed by atoms with Crippen LogP contribution in [0.25, 0.3) is 60.9 Å². The summed E-state index contributed by atoms with van der Waals surface area (Å²) in [4.78, 5) is 22.8. The highest BCUT2D eigenvalue weighted by molar-refractivity contribution is 7.92. The predicted octanol–water partition coefficient (Wildman–Crippen LogP) is 7.10. The molecule has 0 unspecified atom stereocenters. The van der Waals surface area contributed by atoms with E-state index in [2.05, 4.69) is 9.97 Å². The lowest BCUT2D eigenvalue weighted by molar-refractivity contribution is 0.0989. The zero-order valence-corrected chi connectivity index (χ0v) is 28.9. The van der Waals surface area contributed by atoms with Gasteiger partial charge < -0.3 is 4.42 Å². The van der Waals surface area contributed by atoms with E-state index in [-0.39, 0.29) is 34.9 Å². The smallest absolute Gasteiger partial charge is 0.232 e. The number of aromatic nitrogens is 3. The Morgan fingerprint density at radius 1 is 0.939 bits per heavy atom. The van der Waals surface area contributed by atoms with E-state index in [1.165, 1.54) is 19.3 Å². The number of hydrogen-bond acceptors (Lipinski definition) is 8. The molecular weight excluding hydrogens is 668 g/mol. The van der Waals surface area contributed by atoms with E-state index in [1.54, 1.807) is 47.7 Å². The van der Waals surface area contributed by atoms with Gasteiger partial charge >= 0.3 is 0 Å². The highest BCUT2D eigenvalue weighted by Gasteiger charge is 2.27. The van der Waals surface area contributed by atoms with Crippen LogP contribution in [0.5, 0.6) is 0 Å². The number of aryl methyl sites for hydroxylation is 1. The molecule has 0 atom stereocenters. The third-order valence-electron chi connectivity index (χ3n) is 8.68. The Balaban J connectivity index is 1.56. The van der Waals surface area contributed by atoms with Crippen molar-refractivity contribution in [2.45, 2.75) is 26.0 Å². The van der Waals surface area contributed by atoms with Gasteiger partial charge in [0.1, 0.15) is 28.7 Å². The minimum Gasteiger partial charge on any atom is -0.455 e. The van der Waals surface area contributed by atoms with Crippen LogP contribution in [-0.4, -0.2) is 56.5 Å². The zero-order chi connectivity index (χ0) is 35.0. The van der Waals surface area contributed by atoms with Crippen molar-refractivity contribution in [1.29, 1.82) is 0 Å². The van der Waals surface area contributed by atoms with Crippen molar-refractivity contribution in [2.24, 2.45) is 0 Å². The number of carbonyl (C=O) groups is 1. The van der Waals surface area contributed by atoms with Gasteiger partial charge in [0.25, 0.3) is 0 Å². The third-order valence-corrected chi connectivity index (χ3v) is 10.7. The second kappa shape index (κ2) is 11.5. The number of fused-ring (bicyclic) bond motifs is 6. The number of sulfone groups is 1. The number of nitrogens with zero attached hydrogens (tertiary/aromatic N) is 4. The van der Waals surface area contributed by atoms with Crippen LogP contribution in [0.15, 0.2) is 77.3 Å². The molecule has 0 aliphatic heterocycles. The third kappa shape index (κ3) is 5.62. The number of halogens is 1. The normalized spacial score (nSPS) is 12.4. The molecule has 0 bridgehead atoms. The second-order valence-electron chi connectivity index (χ2n) is 12.3. The van der Waals surface area contributed by atoms with E-state index < -0.39 is 25.7 Å². The topological polar surface area (TPSA) is 132 Å². The first-order valence-corrected chi connectivity index (χ1v) is 19.3. The average molecular weight is 699 g/mol. The molecule has 7 rings (SSSR count). The molecule has 0 saturated carbocycles. The van der Waals surface area contributed by atoms with Gasteiger partial charge in [0.15, 0.2) is 15.6 Å². The monoisotopic (exact) mass is 698 g/mol. The number of pyridine rings is 1. The maximum absolute atomic E-state index is 15.1. The number of hydrogen-bond donors (Lipinski definition) is 0. The van der Waals surface area contributed by atoms with Gasteiger partial charge in [0, 0.05) is 53.1 Å². The van der Waals surface area contributed by atoms with Crippen LogP contribution in [0.3, 0.4) is 0 Å². The first-order chi connectivity index (χ1) is 23.1. The largest absolute Gasteiger partial charge is 0.455 e. The van der Waals surface area contributed by atoms with Crippen molar-refractivity contribution in [2.75, 3.05) is 23.9 Å². The van der Waals surface area contributed by atoms with Crippen molar-refractivity contribution < 1.29 is 30.4 Å². The number of furan rings is 1. The lowest BCUT2D eigenvalue weighted by Crippen LogP contribution is -2.25. The Labute approximate surface area is 281 Å². The van der Waals surface area contributed by atoms with Crippen LogP contribution >= 0.6 is 0 Å². The highest BCUT2D eigenvalue weighted by atomic mass is 32.2. The summed E-state index contributed by atoms with van der Waals surface area (Å²) in [6, 6.07) is 18.8. The van der Waals surface area contributed by atoms with Gasteiger partial charge in [-0.15, -0.1) is 0 Å². The summed E-state index contributed by atoms with van der Waals surface area (Å²) in [5, 5.41) is 1.31. The summed E-state index contributed by atoms with van der Waals surface area (Å²) in [5.74, 6) is -0.441. The summed E-state index contributed by atoms with van der Waals surface area (Å²) < 4.78 is 74.8. The minimum absolute atomic E-state index is 0.151. The molecule has 13 heteroatoms.